The van der Waals surface area contributed by atoms with Gasteiger partial charge < -0.3 is 11.1 Å². The molecule has 5 nitrogen and oxygen atoms in total. The van der Waals surface area contributed by atoms with Crippen molar-refractivity contribution in [1.82, 2.24) is 5.32 Å². The van der Waals surface area contributed by atoms with Gasteiger partial charge in [-0.25, -0.2) is 8.42 Å². The highest BCUT2D eigenvalue weighted by molar-refractivity contribution is 7.92. The highest BCUT2D eigenvalue weighted by atomic mass is 35.5. The third kappa shape index (κ3) is 5.64. The van der Waals surface area contributed by atoms with Crippen LogP contribution in [0.2, 0.25) is 5.02 Å². The lowest BCUT2D eigenvalue weighted by Crippen LogP contribution is -2.46. The van der Waals surface area contributed by atoms with Gasteiger partial charge in [-0.15, -0.1) is 12.4 Å². The molecule has 23 heavy (non-hydrogen) atoms. The van der Waals surface area contributed by atoms with Crippen molar-refractivity contribution in [3.05, 3.63) is 29.3 Å². The maximum Gasteiger partial charge on any atom is 0.235 e. The molecule has 1 aliphatic carbocycles. The van der Waals surface area contributed by atoms with Crippen molar-refractivity contribution in [2.24, 2.45) is 11.7 Å². The van der Waals surface area contributed by atoms with Gasteiger partial charge in [0.25, 0.3) is 0 Å². The summed E-state index contributed by atoms with van der Waals surface area (Å²) < 4.78 is 24.4. The molecule has 0 radical (unpaired) electrons. The van der Waals surface area contributed by atoms with Crippen LogP contribution in [0.5, 0.6) is 0 Å². The summed E-state index contributed by atoms with van der Waals surface area (Å²) in [7, 11) is -3.65. The SMILES string of the molecule is Cl.NCC1CCCCC1NC(=O)CS(=O)(=O)c1ccc(Cl)cc1. The van der Waals surface area contributed by atoms with Crippen molar-refractivity contribution in [2.45, 2.75) is 36.6 Å². The largest absolute Gasteiger partial charge is 0.352 e. The van der Waals surface area contributed by atoms with Crippen LogP contribution in [0.3, 0.4) is 0 Å². The molecular formula is C15H22Cl2N2O3S. The van der Waals surface area contributed by atoms with Gasteiger partial charge in [-0.05, 0) is 49.6 Å². The molecule has 1 saturated carbocycles. The van der Waals surface area contributed by atoms with Crippen LogP contribution >= 0.6 is 24.0 Å². The molecule has 0 spiro atoms. The molecule has 8 heteroatoms. The smallest absolute Gasteiger partial charge is 0.235 e. The van der Waals surface area contributed by atoms with Gasteiger partial charge in [0.05, 0.1) is 4.90 Å². The zero-order chi connectivity index (χ0) is 16.2. The minimum absolute atomic E-state index is 0. The van der Waals surface area contributed by atoms with Crippen LogP contribution < -0.4 is 11.1 Å². The molecule has 1 aliphatic rings. The van der Waals surface area contributed by atoms with E-state index in [0.29, 0.717) is 11.6 Å². The number of sulfone groups is 1. The normalized spacial score (nSPS) is 21.3. The third-order valence-electron chi connectivity index (χ3n) is 4.05. The Labute approximate surface area is 148 Å². The number of benzene rings is 1. The number of amides is 1. The number of halogens is 2. The average molecular weight is 381 g/mol. The summed E-state index contributed by atoms with van der Waals surface area (Å²) in [4.78, 5) is 12.2. The van der Waals surface area contributed by atoms with E-state index >= 15 is 0 Å². The highest BCUT2D eigenvalue weighted by Gasteiger charge is 2.27. The molecule has 0 aliphatic heterocycles. The van der Waals surface area contributed by atoms with E-state index < -0.39 is 21.5 Å². The third-order valence-corrected chi connectivity index (χ3v) is 5.94. The zero-order valence-electron chi connectivity index (χ0n) is 12.7. The number of carbonyl (C=O) groups is 1. The van der Waals surface area contributed by atoms with Gasteiger partial charge in [-0.3, -0.25) is 4.79 Å². The van der Waals surface area contributed by atoms with E-state index in [2.05, 4.69) is 5.32 Å². The minimum Gasteiger partial charge on any atom is -0.352 e. The summed E-state index contributed by atoms with van der Waals surface area (Å²) in [5.74, 6) is -0.793. The summed E-state index contributed by atoms with van der Waals surface area (Å²) in [6.45, 7) is 0.509. The van der Waals surface area contributed by atoms with E-state index in [1.54, 1.807) is 0 Å². The van der Waals surface area contributed by atoms with Crippen molar-refractivity contribution >= 4 is 39.8 Å². The number of hydrogen-bond acceptors (Lipinski definition) is 4. The molecule has 130 valence electrons. The van der Waals surface area contributed by atoms with Crippen LogP contribution in [-0.2, 0) is 14.6 Å². The Hall–Kier alpha value is -0.820. The Balaban J connectivity index is 0.00000264. The van der Waals surface area contributed by atoms with Gasteiger partial charge >= 0.3 is 0 Å². The molecule has 2 atom stereocenters. The molecule has 0 saturated heterocycles. The fourth-order valence-corrected chi connectivity index (χ4v) is 4.10. The molecule has 2 unspecified atom stereocenters. The Morgan fingerprint density at radius 3 is 2.43 bits per heavy atom. The predicted octanol–water partition coefficient (Wildman–Crippen LogP) is 2.17. The summed E-state index contributed by atoms with van der Waals surface area (Å²) >= 11 is 5.74. The van der Waals surface area contributed by atoms with Gasteiger partial charge in [0.1, 0.15) is 5.75 Å². The highest BCUT2D eigenvalue weighted by Crippen LogP contribution is 2.23. The van der Waals surface area contributed by atoms with Crippen molar-refractivity contribution in [1.29, 1.82) is 0 Å². The van der Waals surface area contributed by atoms with Gasteiger partial charge in [-0.2, -0.15) is 0 Å². The predicted molar refractivity (Wildman–Crippen MR) is 93.7 cm³/mol. The average Bonchev–Trinajstić information content (AvgIpc) is 2.47. The van der Waals surface area contributed by atoms with E-state index in [-0.39, 0.29) is 29.3 Å². The van der Waals surface area contributed by atoms with Crippen molar-refractivity contribution in [3.8, 4) is 0 Å². The lowest BCUT2D eigenvalue weighted by atomic mass is 9.84. The maximum absolute atomic E-state index is 12.2. The van der Waals surface area contributed by atoms with E-state index in [0.717, 1.165) is 25.7 Å². The summed E-state index contributed by atoms with van der Waals surface area (Å²) in [6.07, 6.45) is 3.97. The molecule has 2 rings (SSSR count). The lowest BCUT2D eigenvalue weighted by Gasteiger charge is -2.31. The van der Waals surface area contributed by atoms with Crippen LogP contribution in [-0.4, -0.2) is 32.7 Å². The monoisotopic (exact) mass is 380 g/mol. The second-order valence-corrected chi connectivity index (χ2v) is 8.09. The number of nitrogens with one attached hydrogen (secondary N) is 1. The molecule has 1 aromatic carbocycles. The summed E-state index contributed by atoms with van der Waals surface area (Å²) in [5.41, 5.74) is 5.72. The second-order valence-electron chi connectivity index (χ2n) is 5.67. The first-order valence-corrected chi connectivity index (χ1v) is 9.43. The van der Waals surface area contributed by atoms with Crippen LogP contribution in [0.1, 0.15) is 25.7 Å². The lowest BCUT2D eigenvalue weighted by molar-refractivity contribution is -0.119. The molecule has 1 fully saturated rings. The van der Waals surface area contributed by atoms with E-state index in [9.17, 15) is 13.2 Å². The number of hydrogen-bond donors (Lipinski definition) is 2. The molecule has 0 bridgehead atoms. The molecule has 1 amide bonds. The van der Waals surface area contributed by atoms with E-state index in [4.69, 9.17) is 17.3 Å². The molecular weight excluding hydrogens is 359 g/mol. The van der Waals surface area contributed by atoms with Crippen LogP contribution in [0, 0.1) is 5.92 Å². The van der Waals surface area contributed by atoms with Gasteiger partial charge in [0.2, 0.25) is 5.91 Å². The first-order chi connectivity index (χ1) is 10.4. The Bertz CT molecular complexity index is 620. The fraction of sp³-hybridized carbons (Fsp3) is 0.533. The molecule has 0 aromatic heterocycles. The van der Waals surface area contributed by atoms with Crippen molar-refractivity contribution < 1.29 is 13.2 Å². The van der Waals surface area contributed by atoms with Crippen molar-refractivity contribution in [3.63, 3.8) is 0 Å². The van der Waals surface area contributed by atoms with Crippen LogP contribution in [0.15, 0.2) is 29.2 Å². The van der Waals surface area contributed by atoms with Gasteiger partial charge in [0.15, 0.2) is 9.84 Å². The van der Waals surface area contributed by atoms with Gasteiger partial charge in [0, 0.05) is 11.1 Å². The maximum atomic E-state index is 12.2. The zero-order valence-corrected chi connectivity index (χ0v) is 15.1. The van der Waals surface area contributed by atoms with Crippen molar-refractivity contribution in [2.75, 3.05) is 12.3 Å². The molecule has 3 N–H and O–H groups in total. The van der Waals surface area contributed by atoms with Gasteiger partial charge in [-0.1, -0.05) is 24.4 Å². The number of carbonyl (C=O) groups excluding carboxylic acids is 1. The quantitative estimate of drug-likeness (QED) is 0.818. The summed E-state index contributed by atoms with van der Waals surface area (Å²) in [5, 5.41) is 3.29. The second kappa shape index (κ2) is 8.87. The first-order valence-electron chi connectivity index (χ1n) is 7.40. The Kier molecular flexibility index (Phi) is 7.80. The van der Waals surface area contributed by atoms with E-state index in [1.807, 2.05) is 0 Å². The Morgan fingerprint density at radius 2 is 1.83 bits per heavy atom. The fourth-order valence-electron chi connectivity index (χ4n) is 2.83. The number of nitrogens with two attached hydrogens (primary N) is 1. The van der Waals surface area contributed by atoms with Crippen LogP contribution in [0.4, 0.5) is 0 Å². The minimum atomic E-state index is -3.65. The molecule has 1 aromatic rings. The van der Waals surface area contributed by atoms with E-state index in [1.165, 1.54) is 24.3 Å². The van der Waals surface area contributed by atoms with Crippen LogP contribution in [0.25, 0.3) is 0 Å². The summed E-state index contributed by atoms with van der Waals surface area (Å²) in [6, 6.07) is 5.80. The Morgan fingerprint density at radius 1 is 1.22 bits per heavy atom. The number of rotatable bonds is 5. The first kappa shape index (κ1) is 20.2. The standard InChI is InChI=1S/C15H21ClN2O3S.ClH/c16-12-5-7-13(8-6-12)22(20,21)10-15(19)18-14-4-2-1-3-11(14)9-17;/h5-8,11,14H,1-4,9-10,17H2,(H,18,19);1H. The topological polar surface area (TPSA) is 89.3 Å². The molecule has 0 heterocycles.